The van der Waals surface area contributed by atoms with Gasteiger partial charge in [0.15, 0.2) is 9.84 Å². The zero-order valence-electron chi connectivity index (χ0n) is 12.1. The van der Waals surface area contributed by atoms with E-state index in [-0.39, 0.29) is 17.4 Å². The van der Waals surface area contributed by atoms with Crippen molar-refractivity contribution in [1.82, 2.24) is 9.97 Å². The van der Waals surface area contributed by atoms with E-state index in [0.29, 0.717) is 30.5 Å². The van der Waals surface area contributed by atoms with Crippen LogP contribution in [0.3, 0.4) is 0 Å². The largest absolute Gasteiger partial charge is 0.355 e. The fraction of sp³-hybridized carbons (Fsp3) is 0.692. The van der Waals surface area contributed by atoms with Gasteiger partial charge in [-0.15, -0.1) is 0 Å². The molecule has 1 saturated heterocycles. The van der Waals surface area contributed by atoms with Gasteiger partial charge in [0.1, 0.15) is 16.8 Å². The summed E-state index contributed by atoms with van der Waals surface area (Å²) in [6.45, 7) is 7.05. The first-order valence-electron chi connectivity index (χ1n) is 6.79. The number of anilines is 1. The Hall–Kier alpha value is -0.880. The van der Waals surface area contributed by atoms with Crippen LogP contribution in [-0.4, -0.2) is 43.0 Å². The monoisotopic (exact) mass is 317 g/mol. The molecule has 5 nitrogen and oxygen atoms in total. The van der Waals surface area contributed by atoms with Crippen LogP contribution in [0.1, 0.15) is 37.6 Å². The van der Waals surface area contributed by atoms with Gasteiger partial charge in [-0.05, 0) is 13.3 Å². The summed E-state index contributed by atoms with van der Waals surface area (Å²) in [4.78, 5) is 10.9. The second-order valence-electron chi connectivity index (χ2n) is 5.47. The maximum Gasteiger partial charge on any atom is 0.152 e. The van der Waals surface area contributed by atoms with E-state index in [1.54, 1.807) is 0 Å². The van der Waals surface area contributed by atoms with Crippen molar-refractivity contribution < 1.29 is 8.42 Å². The van der Waals surface area contributed by atoms with Gasteiger partial charge >= 0.3 is 0 Å². The van der Waals surface area contributed by atoms with Crippen molar-refractivity contribution in [2.45, 2.75) is 33.1 Å². The fourth-order valence-corrected chi connectivity index (χ4v) is 3.65. The SMILES string of the molecule is Cc1c(Cl)nc(C(C)C)nc1N1CCCS(=O)(=O)CC1. The van der Waals surface area contributed by atoms with Crippen molar-refractivity contribution in [1.29, 1.82) is 0 Å². The molecule has 0 saturated carbocycles. The zero-order chi connectivity index (χ0) is 14.9. The molecule has 1 aliphatic rings. The van der Waals surface area contributed by atoms with E-state index < -0.39 is 9.84 Å². The lowest BCUT2D eigenvalue weighted by molar-refractivity contribution is 0.597. The second kappa shape index (κ2) is 5.85. The number of sulfone groups is 1. The Kier molecular flexibility index (Phi) is 4.54. The van der Waals surface area contributed by atoms with Crippen LogP contribution in [-0.2, 0) is 9.84 Å². The van der Waals surface area contributed by atoms with Crippen LogP contribution in [0.2, 0.25) is 5.15 Å². The summed E-state index contributed by atoms with van der Waals surface area (Å²) in [7, 11) is -2.93. The molecule has 0 atom stereocenters. The quantitative estimate of drug-likeness (QED) is 0.782. The van der Waals surface area contributed by atoms with E-state index in [9.17, 15) is 8.42 Å². The summed E-state index contributed by atoms with van der Waals surface area (Å²) in [5.74, 6) is 2.07. The first-order valence-corrected chi connectivity index (χ1v) is 8.99. The summed E-state index contributed by atoms with van der Waals surface area (Å²) in [6, 6.07) is 0. The predicted molar refractivity (Wildman–Crippen MR) is 81.4 cm³/mol. The van der Waals surface area contributed by atoms with Crippen LogP contribution in [0.4, 0.5) is 5.82 Å². The third kappa shape index (κ3) is 3.41. The Labute approximate surface area is 125 Å². The molecule has 0 aliphatic carbocycles. The average Bonchev–Trinajstić information content (AvgIpc) is 2.53. The third-order valence-corrected chi connectivity index (χ3v) is 5.53. The molecule has 1 aromatic heterocycles. The highest BCUT2D eigenvalue weighted by Crippen LogP contribution is 2.26. The molecule has 112 valence electrons. The van der Waals surface area contributed by atoms with Gasteiger partial charge in [-0.3, -0.25) is 0 Å². The topological polar surface area (TPSA) is 63.2 Å². The van der Waals surface area contributed by atoms with Crippen LogP contribution in [0, 0.1) is 6.92 Å². The summed E-state index contributed by atoms with van der Waals surface area (Å²) >= 11 is 6.18. The molecule has 20 heavy (non-hydrogen) atoms. The Morgan fingerprint density at radius 3 is 2.55 bits per heavy atom. The molecule has 0 aromatic carbocycles. The number of nitrogens with zero attached hydrogens (tertiary/aromatic N) is 3. The molecule has 7 heteroatoms. The van der Waals surface area contributed by atoms with Crippen LogP contribution < -0.4 is 4.90 Å². The molecule has 0 amide bonds. The zero-order valence-corrected chi connectivity index (χ0v) is 13.6. The average molecular weight is 318 g/mol. The van der Waals surface area contributed by atoms with Crippen molar-refractivity contribution in [2.24, 2.45) is 0 Å². The molecule has 1 fully saturated rings. The van der Waals surface area contributed by atoms with Crippen molar-refractivity contribution in [3.63, 3.8) is 0 Å². The van der Waals surface area contributed by atoms with Crippen molar-refractivity contribution in [3.8, 4) is 0 Å². The summed E-state index contributed by atoms with van der Waals surface area (Å²) in [5, 5.41) is 0.450. The van der Waals surface area contributed by atoms with Crippen LogP contribution in [0.15, 0.2) is 0 Å². The summed E-state index contributed by atoms with van der Waals surface area (Å²) < 4.78 is 23.4. The maximum atomic E-state index is 11.7. The molecule has 0 bridgehead atoms. The Morgan fingerprint density at radius 1 is 1.20 bits per heavy atom. The molecule has 0 spiro atoms. The third-order valence-electron chi connectivity index (χ3n) is 3.45. The lowest BCUT2D eigenvalue weighted by Gasteiger charge is -2.24. The molecule has 0 unspecified atom stereocenters. The van der Waals surface area contributed by atoms with E-state index in [2.05, 4.69) is 9.97 Å². The van der Waals surface area contributed by atoms with Crippen molar-refractivity contribution in [3.05, 3.63) is 16.5 Å². The number of rotatable bonds is 2. The van der Waals surface area contributed by atoms with Gasteiger partial charge in [0.2, 0.25) is 0 Å². The minimum absolute atomic E-state index is 0.172. The normalized spacial score (nSPS) is 19.1. The Bertz CT molecular complexity index is 602. The molecule has 2 heterocycles. The first kappa shape index (κ1) is 15.5. The smallest absolute Gasteiger partial charge is 0.152 e. The standard InChI is InChI=1S/C13H20ClN3O2S/c1-9(2)12-15-11(14)10(3)13(16-12)17-5-4-7-20(18,19)8-6-17/h9H,4-8H2,1-3H3. The van der Waals surface area contributed by atoms with Gasteiger partial charge in [-0.2, -0.15) is 0 Å². The number of hydrogen-bond acceptors (Lipinski definition) is 5. The molecule has 0 N–H and O–H groups in total. The highest BCUT2D eigenvalue weighted by atomic mass is 35.5. The molecule has 2 rings (SSSR count). The predicted octanol–water partition coefficient (Wildman–Crippen LogP) is 2.19. The molecule has 1 aromatic rings. The highest BCUT2D eigenvalue weighted by Gasteiger charge is 2.23. The van der Waals surface area contributed by atoms with Gasteiger partial charge in [0.05, 0.1) is 11.5 Å². The molecular formula is C13H20ClN3O2S. The van der Waals surface area contributed by atoms with E-state index in [1.807, 2.05) is 25.7 Å². The highest BCUT2D eigenvalue weighted by molar-refractivity contribution is 7.91. The number of halogens is 1. The lowest BCUT2D eigenvalue weighted by Crippen LogP contribution is -2.29. The number of aromatic nitrogens is 2. The van der Waals surface area contributed by atoms with Crippen LogP contribution >= 0.6 is 11.6 Å². The van der Waals surface area contributed by atoms with E-state index in [1.165, 1.54) is 0 Å². The first-order chi connectivity index (χ1) is 9.30. The summed E-state index contributed by atoms with van der Waals surface area (Å²) in [6.07, 6.45) is 0.625. The van der Waals surface area contributed by atoms with E-state index >= 15 is 0 Å². The molecule has 0 radical (unpaired) electrons. The lowest BCUT2D eigenvalue weighted by atomic mass is 10.2. The van der Waals surface area contributed by atoms with Crippen LogP contribution in [0.25, 0.3) is 0 Å². The Balaban J connectivity index is 2.36. The van der Waals surface area contributed by atoms with Gasteiger partial charge in [-0.25, -0.2) is 18.4 Å². The van der Waals surface area contributed by atoms with Crippen molar-refractivity contribution >= 4 is 27.3 Å². The van der Waals surface area contributed by atoms with Gasteiger partial charge in [0, 0.05) is 24.6 Å². The fourth-order valence-electron chi connectivity index (χ4n) is 2.21. The number of hydrogen-bond donors (Lipinski definition) is 0. The minimum atomic E-state index is -2.93. The molecule has 1 aliphatic heterocycles. The van der Waals surface area contributed by atoms with Gasteiger partial charge in [-0.1, -0.05) is 25.4 Å². The van der Waals surface area contributed by atoms with Crippen LogP contribution in [0.5, 0.6) is 0 Å². The minimum Gasteiger partial charge on any atom is -0.355 e. The maximum absolute atomic E-state index is 11.7. The molecular weight excluding hydrogens is 298 g/mol. The Morgan fingerprint density at radius 2 is 1.90 bits per heavy atom. The van der Waals surface area contributed by atoms with E-state index in [4.69, 9.17) is 11.6 Å². The van der Waals surface area contributed by atoms with Crippen molar-refractivity contribution in [2.75, 3.05) is 29.5 Å². The van der Waals surface area contributed by atoms with E-state index in [0.717, 1.165) is 11.4 Å². The second-order valence-corrected chi connectivity index (χ2v) is 8.13. The van der Waals surface area contributed by atoms with Gasteiger partial charge < -0.3 is 4.90 Å². The van der Waals surface area contributed by atoms with Gasteiger partial charge in [0.25, 0.3) is 0 Å². The summed E-state index contributed by atoms with van der Waals surface area (Å²) in [5.41, 5.74) is 0.815.